The van der Waals surface area contributed by atoms with Crippen LogP contribution in [0.1, 0.15) is 32.0 Å². The van der Waals surface area contributed by atoms with Crippen LogP contribution < -0.4 is 10.9 Å². The number of hydrogen-bond donors (Lipinski definition) is 1. The Morgan fingerprint density at radius 2 is 1.94 bits per heavy atom. The van der Waals surface area contributed by atoms with Crippen LogP contribution in [-0.2, 0) is 11.3 Å². The lowest BCUT2D eigenvalue weighted by molar-refractivity contribution is -0.117. The van der Waals surface area contributed by atoms with E-state index < -0.39 is 12.5 Å². The first kappa shape index (κ1) is 21.1. The van der Waals surface area contributed by atoms with Gasteiger partial charge < -0.3 is 5.32 Å². The first-order valence-corrected chi connectivity index (χ1v) is 10.3. The van der Waals surface area contributed by atoms with E-state index in [0.717, 1.165) is 14.5 Å². The van der Waals surface area contributed by atoms with Crippen molar-refractivity contribution < 1.29 is 13.6 Å². The van der Waals surface area contributed by atoms with E-state index in [9.17, 15) is 18.4 Å². The maximum Gasteiger partial charge on any atom is 0.333 e. The summed E-state index contributed by atoms with van der Waals surface area (Å²) < 4.78 is 28.7. The number of nitrogens with one attached hydrogen (secondary N) is 1. The number of amides is 1. The Labute approximate surface area is 183 Å². The molecule has 31 heavy (non-hydrogen) atoms. The summed E-state index contributed by atoms with van der Waals surface area (Å²) in [6, 6.07) is 9.89. The van der Waals surface area contributed by atoms with Crippen LogP contribution in [-0.4, -0.2) is 25.5 Å². The van der Waals surface area contributed by atoms with Gasteiger partial charge in [-0.15, -0.1) is 0 Å². The number of anilines is 1. The molecule has 1 N–H and O–H groups in total. The van der Waals surface area contributed by atoms with Gasteiger partial charge in [-0.2, -0.15) is 19.0 Å². The van der Waals surface area contributed by atoms with Gasteiger partial charge >= 0.3 is 6.55 Å². The van der Waals surface area contributed by atoms with Crippen molar-refractivity contribution in [1.82, 2.24) is 19.6 Å². The summed E-state index contributed by atoms with van der Waals surface area (Å²) in [5.74, 6) is -0.466. The monoisotopic (exact) mass is 489 g/mol. The van der Waals surface area contributed by atoms with Gasteiger partial charge in [-0.3, -0.25) is 9.59 Å². The van der Waals surface area contributed by atoms with Crippen LogP contribution in [0.4, 0.5) is 14.5 Å². The predicted octanol–water partition coefficient (Wildman–Crippen LogP) is 4.67. The van der Waals surface area contributed by atoms with Crippen LogP contribution in [0, 0.1) is 0 Å². The maximum absolute atomic E-state index is 13.1. The average molecular weight is 490 g/mol. The van der Waals surface area contributed by atoms with E-state index in [2.05, 4.69) is 31.4 Å². The number of benzene rings is 2. The summed E-state index contributed by atoms with van der Waals surface area (Å²) >= 11 is 3.41. The fraction of sp³-hybridized carbons (Fsp3) is 0.238. The van der Waals surface area contributed by atoms with Crippen molar-refractivity contribution in [3.05, 3.63) is 63.1 Å². The number of carbonyl (C=O) groups is 1. The molecule has 0 fully saturated rings. The Balaban J connectivity index is 1.65. The smallest absolute Gasteiger partial charge is 0.324 e. The third-order valence-corrected chi connectivity index (χ3v) is 5.35. The number of rotatable bonds is 5. The zero-order chi connectivity index (χ0) is 22.3. The highest BCUT2D eigenvalue weighted by Crippen LogP contribution is 2.25. The number of hydrogen-bond acceptors (Lipinski definition) is 4. The Morgan fingerprint density at radius 1 is 1.16 bits per heavy atom. The average Bonchev–Trinajstić information content (AvgIpc) is 3.13. The van der Waals surface area contributed by atoms with Crippen molar-refractivity contribution in [3.8, 4) is 0 Å². The summed E-state index contributed by atoms with van der Waals surface area (Å²) in [6.07, 6.45) is 1.33. The molecule has 0 saturated heterocycles. The molecule has 160 valence electrons. The molecule has 0 spiro atoms. The normalized spacial score (nSPS) is 11.7. The van der Waals surface area contributed by atoms with Crippen molar-refractivity contribution in [2.45, 2.75) is 32.9 Å². The molecule has 2 aromatic heterocycles. The van der Waals surface area contributed by atoms with Crippen molar-refractivity contribution in [2.24, 2.45) is 0 Å². The van der Waals surface area contributed by atoms with Gasteiger partial charge in [0.2, 0.25) is 5.91 Å². The largest absolute Gasteiger partial charge is 0.333 e. The van der Waals surface area contributed by atoms with Crippen molar-refractivity contribution >= 4 is 49.2 Å². The van der Waals surface area contributed by atoms with Crippen LogP contribution >= 0.6 is 15.9 Å². The number of aromatic nitrogens is 4. The molecule has 4 rings (SSSR count). The summed E-state index contributed by atoms with van der Waals surface area (Å²) in [5.41, 5.74) is 0.836. The minimum absolute atomic E-state index is 0.0313. The van der Waals surface area contributed by atoms with Crippen LogP contribution in [0.25, 0.3) is 21.7 Å². The Kier molecular flexibility index (Phi) is 5.57. The third-order valence-electron chi connectivity index (χ3n) is 4.86. The maximum atomic E-state index is 13.1. The van der Waals surface area contributed by atoms with E-state index in [1.807, 2.05) is 19.9 Å². The highest BCUT2D eigenvalue weighted by molar-refractivity contribution is 9.10. The van der Waals surface area contributed by atoms with E-state index in [4.69, 9.17) is 0 Å². The second-order valence-electron chi connectivity index (χ2n) is 7.38. The second kappa shape index (κ2) is 8.18. The molecule has 0 aliphatic heterocycles. The van der Waals surface area contributed by atoms with E-state index >= 15 is 0 Å². The Hall–Kier alpha value is -3.14. The lowest BCUT2D eigenvalue weighted by atomic mass is 10.0. The molecule has 2 heterocycles. The molecule has 2 aromatic carbocycles. The molecule has 0 aliphatic carbocycles. The number of alkyl halides is 2. The molecule has 4 aromatic rings. The van der Waals surface area contributed by atoms with Gasteiger partial charge in [-0.1, -0.05) is 29.8 Å². The van der Waals surface area contributed by atoms with Gasteiger partial charge in [0, 0.05) is 20.9 Å². The van der Waals surface area contributed by atoms with E-state index in [-0.39, 0.29) is 23.5 Å². The molecule has 0 unspecified atom stereocenters. The number of carbonyl (C=O) groups excluding carboxylic acids is 1. The fourth-order valence-electron chi connectivity index (χ4n) is 3.42. The van der Waals surface area contributed by atoms with Gasteiger partial charge in [0.1, 0.15) is 6.54 Å². The van der Waals surface area contributed by atoms with Crippen molar-refractivity contribution in [2.75, 3.05) is 5.32 Å². The highest BCUT2D eigenvalue weighted by Gasteiger charge is 2.16. The van der Waals surface area contributed by atoms with Crippen molar-refractivity contribution in [3.63, 3.8) is 0 Å². The van der Waals surface area contributed by atoms with E-state index in [0.29, 0.717) is 26.8 Å². The number of fused-ring (bicyclic) bond motifs is 2. The first-order valence-electron chi connectivity index (χ1n) is 9.50. The SMILES string of the molecule is CC(C)c1nn(CC(=O)Nc2ccc3cnn(C(F)F)c3c2)c(=O)c2ccc(Br)cc12. The lowest BCUT2D eigenvalue weighted by Crippen LogP contribution is -2.31. The summed E-state index contributed by atoms with van der Waals surface area (Å²) in [6.45, 7) is 0.813. The van der Waals surface area contributed by atoms with Crippen LogP contribution in [0.2, 0.25) is 0 Å². The second-order valence-corrected chi connectivity index (χ2v) is 8.30. The van der Waals surface area contributed by atoms with Crippen molar-refractivity contribution in [1.29, 1.82) is 0 Å². The molecule has 1 amide bonds. The molecule has 0 atom stereocenters. The molecule has 0 saturated carbocycles. The van der Waals surface area contributed by atoms with Crippen LogP contribution in [0.3, 0.4) is 0 Å². The highest BCUT2D eigenvalue weighted by atomic mass is 79.9. The molecular weight excluding hydrogens is 472 g/mol. The molecule has 0 radical (unpaired) electrons. The van der Waals surface area contributed by atoms with Crippen LogP contribution in [0.15, 0.2) is 51.9 Å². The summed E-state index contributed by atoms with van der Waals surface area (Å²) in [7, 11) is 0. The summed E-state index contributed by atoms with van der Waals surface area (Å²) in [5, 5.41) is 12.4. The first-order chi connectivity index (χ1) is 14.7. The minimum Gasteiger partial charge on any atom is -0.324 e. The molecular formula is C21H18BrF2N5O2. The van der Waals surface area contributed by atoms with Gasteiger partial charge in [-0.05, 0) is 42.3 Å². The van der Waals surface area contributed by atoms with Gasteiger partial charge in [-0.25, -0.2) is 9.36 Å². The molecule has 0 bridgehead atoms. The quantitative estimate of drug-likeness (QED) is 0.441. The van der Waals surface area contributed by atoms with E-state index in [1.54, 1.807) is 24.3 Å². The van der Waals surface area contributed by atoms with Crippen LogP contribution in [0.5, 0.6) is 0 Å². The Bertz CT molecular complexity index is 1360. The van der Waals surface area contributed by atoms with E-state index in [1.165, 1.54) is 12.3 Å². The zero-order valence-electron chi connectivity index (χ0n) is 16.6. The lowest BCUT2D eigenvalue weighted by Gasteiger charge is -2.13. The van der Waals surface area contributed by atoms with Gasteiger partial charge in [0.05, 0.1) is 22.8 Å². The zero-order valence-corrected chi connectivity index (χ0v) is 18.2. The third kappa shape index (κ3) is 4.07. The molecule has 7 nitrogen and oxygen atoms in total. The molecule has 10 heteroatoms. The predicted molar refractivity (Wildman–Crippen MR) is 117 cm³/mol. The number of nitrogens with zero attached hydrogens (tertiary/aromatic N) is 4. The topological polar surface area (TPSA) is 81.8 Å². The molecule has 0 aliphatic rings. The van der Waals surface area contributed by atoms with Gasteiger partial charge in [0.15, 0.2) is 0 Å². The fourth-order valence-corrected chi connectivity index (χ4v) is 3.79. The Morgan fingerprint density at radius 3 is 2.65 bits per heavy atom. The number of halogens is 3. The minimum atomic E-state index is -2.79. The summed E-state index contributed by atoms with van der Waals surface area (Å²) in [4.78, 5) is 25.5. The van der Waals surface area contributed by atoms with Gasteiger partial charge in [0.25, 0.3) is 5.56 Å². The standard InChI is InChI=1S/C21H18BrF2N5O2/c1-11(2)19-16-7-13(22)4-6-15(16)20(31)28(27-19)10-18(30)26-14-5-3-12-9-25-29(21(23)24)17(12)8-14/h3-9,11,21H,10H2,1-2H3,(H,26,30).